The average molecular weight is 365 g/mol. The first-order valence-electron chi connectivity index (χ1n) is 9.29. The van der Waals surface area contributed by atoms with Gasteiger partial charge in [-0.25, -0.2) is 8.42 Å². The highest BCUT2D eigenvalue weighted by Gasteiger charge is 2.28. The van der Waals surface area contributed by atoms with Gasteiger partial charge in [-0.3, -0.25) is 4.79 Å². The number of benzene rings is 1. The van der Waals surface area contributed by atoms with Gasteiger partial charge in [0.05, 0.1) is 4.90 Å². The summed E-state index contributed by atoms with van der Waals surface area (Å²) in [4.78, 5) is 15.0. The van der Waals surface area contributed by atoms with Crippen LogP contribution in [0.2, 0.25) is 0 Å². The van der Waals surface area contributed by atoms with E-state index in [2.05, 4.69) is 6.92 Å². The van der Waals surface area contributed by atoms with Crippen LogP contribution in [0.3, 0.4) is 0 Å². The lowest BCUT2D eigenvalue weighted by Crippen LogP contribution is -2.38. The first-order chi connectivity index (χ1) is 11.9. The molecule has 3 rings (SSSR count). The number of sulfonamides is 1. The minimum Gasteiger partial charge on any atom is -0.339 e. The van der Waals surface area contributed by atoms with Crippen molar-refractivity contribution in [1.82, 2.24) is 9.21 Å². The molecule has 0 N–H and O–H groups in total. The van der Waals surface area contributed by atoms with Gasteiger partial charge in [0.2, 0.25) is 10.0 Å². The summed E-state index contributed by atoms with van der Waals surface area (Å²) in [6, 6.07) is 4.98. The zero-order valence-electron chi connectivity index (χ0n) is 15.2. The molecule has 0 spiro atoms. The van der Waals surface area contributed by atoms with Gasteiger partial charge in [-0.15, -0.1) is 0 Å². The third kappa shape index (κ3) is 3.90. The average Bonchev–Trinajstić information content (AvgIpc) is 2.63. The second-order valence-corrected chi connectivity index (χ2v) is 9.35. The minimum absolute atomic E-state index is 0.0416. The molecule has 0 unspecified atom stereocenters. The lowest BCUT2D eigenvalue weighted by atomic mass is 9.98. The Morgan fingerprint density at radius 2 is 1.68 bits per heavy atom. The lowest BCUT2D eigenvalue weighted by molar-refractivity contribution is 0.0696. The van der Waals surface area contributed by atoms with Crippen LogP contribution in [-0.4, -0.2) is 49.7 Å². The second kappa shape index (κ2) is 7.46. The van der Waals surface area contributed by atoms with Crippen molar-refractivity contribution in [2.45, 2.75) is 50.8 Å². The van der Waals surface area contributed by atoms with Gasteiger partial charge in [0.15, 0.2) is 0 Å². The molecule has 2 aliphatic rings. The summed E-state index contributed by atoms with van der Waals surface area (Å²) < 4.78 is 27.3. The van der Waals surface area contributed by atoms with Crippen molar-refractivity contribution >= 4 is 15.9 Å². The Morgan fingerprint density at radius 3 is 2.32 bits per heavy atom. The second-order valence-electron chi connectivity index (χ2n) is 7.42. The number of rotatable bonds is 3. The van der Waals surface area contributed by atoms with Crippen molar-refractivity contribution in [2.75, 3.05) is 26.2 Å². The van der Waals surface area contributed by atoms with Gasteiger partial charge in [0.25, 0.3) is 5.91 Å². The fourth-order valence-corrected chi connectivity index (χ4v) is 5.17. The maximum absolute atomic E-state index is 12.9. The fourth-order valence-electron chi connectivity index (χ4n) is 3.63. The van der Waals surface area contributed by atoms with Crippen LogP contribution >= 0.6 is 0 Å². The third-order valence-corrected chi connectivity index (χ3v) is 7.36. The van der Waals surface area contributed by atoms with E-state index in [4.69, 9.17) is 0 Å². The molecular formula is C19H28N2O3S. The summed E-state index contributed by atoms with van der Waals surface area (Å²) in [6.07, 6.45) is 4.91. The molecule has 25 heavy (non-hydrogen) atoms. The number of nitrogens with zero attached hydrogens (tertiary/aromatic N) is 2. The molecule has 2 saturated heterocycles. The zero-order chi connectivity index (χ0) is 18.0. The quantitative estimate of drug-likeness (QED) is 0.828. The zero-order valence-corrected chi connectivity index (χ0v) is 16.0. The van der Waals surface area contributed by atoms with Crippen molar-refractivity contribution in [3.8, 4) is 0 Å². The monoisotopic (exact) mass is 364 g/mol. The molecule has 1 aromatic carbocycles. The van der Waals surface area contributed by atoms with E-state index in [1.165, 1.54) is 0 Å². The van der Waals surface area contributed by atoms with Gasteiger partial charge in [0, 0.05) is 31.7 Å². The molecule has 2 heterocycles. The number of piperidine rings is 2. The Labute approximate surface area is 151 Å². The van der Waals surface area contributed by atoms with Crippen molar-refractivity contribution in [2.24, 2.45) is 5.92 Å². The molecule has 6 heteroatoms. The molecule has 1 aromatic rings. The van der Waals surface area contributed by atoms with E-state index in [1.807, 2.05) is 11.8 Å². The van der Waals surface area contributed by atoms with Crippen LogP contribution in [0.15, 0.2) is 23.1 Å². The molecule has 0 aliphatic carbocycles. The molecular weight excluding hydrogens is 336 g/mol. The van der Waals surface area contributed by atoms with Crippen LogP contribution < -0.4 is 0 Å². The molecule has 2 aliphatic heterocycles. The Kier molecular flexibility index (Phi) is 5.49. The number of carbonyl (C=O) groups is 1. The standard InChI is InChI=1S/C19H28N2O3S/c1-15-8-12-20(13-9-15)19(22)18-14-17(7-6-16(18)2)25(23,24)21-10-4-3-5-11-21/h6-7,14-15H,3-5,8-13H2,1-2H3. The van der Waals surface area contributed by atoms with Crippen molar-refractivity contribution in [3.05, 3.63) is 29.3 Å². The van der Waals surface area contributed by atoms with Crippen LogP contribution in [0, 0.1) is 12.8 Å². The Balaban J connectivity index is 1.86. The third-order valence-electron chi connectivity index (χ3n) is 5.46. The number of carbonyl (C=O) groups excluding carboxylic acids is 1. The number of hydrogen-bond acceptors (Lipinski definition) is 3. The van der Waals surface area contributed by atoms with Crippen molar-refractivity contribution < 1.29 is 13.2 Å². The van der Waals surface area contributed by atoms with Gasteiger partial charge in [-0.05, 0) is 56.2 Å². The van der Waals surface area contributed by atoms with Gasteiger partial charge < -0.3 is 4.90 Å². The molecule has 0 radical (unpaired) electrons. The topological polar surface area (TPSA) is 57.7 Å². The summed E-state index contributed by atoms with van der Waals surface area (Å²) in [5.74, 6) is 0.607. The van der Waals surface area contributed by atoms with Gasteiger partial charge >= 0.3 is 0 Å². The number of hydrogen-bond donors (Lipinski definition) is 0. The van der Waals surface area contributed by atoms with E-state index in [0.29, 0.717) is 24.6 Å². The molecule has 0 aromatic heterocycles. The molecule has 138 valence electrons. The molecule has 0 saturated carbocycles. The Bertz CT molecular complexity index is 731. The van der Waals surface area contributed by atoms with E-state index < -0.39 is 10.0 Å². The minimum atomic E-state index is -3.51. The maximum Gasteiger partial charge on any atom is 0.254 e. The molecule has 1 amide bonds. The summed E-state index contributed by atoms with van der Waals surface area (Å²) >= 11 is 0. The normalized spacial score (nSPS) is 20.6. The highest BCUT2D eigenvalue weighted by Crippen LogP contribution is 2.25. The van der Waals surface area contributed by atoms with Crippen molar-refractivity contribution in [1.29, 1.82) is 0 Å². The Hall–Kier alpha value is -1.40. The van der Waals surface area contributed by atoms with Crippen LogP contribution in [0.1, 0.15) is 54.9 Å². The largest absolute Gasteiger partial charge is 0.339 e. The van der Waals surface area contributed by atoms with Crippen LogP contribution in [0.5, 0.6) is 0 Å². The first kappa shape index (κ1) is 18.4. The maximum atomic E-state index is 12.9. The number of likely N-dealkylation sites (tertiary alicyclic amines) is 1. The number of amides is 1. The summed E-state index contributed by atoms with van der Waals surface area (Å²) in [5.41, 5.74) is 1.36. The van der Waals surface area contributed by atoms with E-state index >= 15 is 0 Å². The highest BCUT2D eigenvalue weighted by atomic mass is 32.2. The Morgan fingerprint density at radius 1 is 1.04 bits per heavy atom. The molecule has 0 atom stereocenters. The first-order valence-corrected chi connectivity index (χ1v) is 10.7. The van der Waals surface area contributed by atoms with E-state index in [9.17, 15) is 13.2 Å². The fraction of sp³-hybridized carbons (Fsp3) is 0.632. The number of aryl methyl sites for hydroxylation is 1. The van der Waals surface area contributed by atoms with E-state index in [1.54, 1.807) is 22.5 Å². The summed E-state index contributed by atoms with van der Waals surface area (Å²) in [5, 5.41) is 0. The highest BCUT2D eigenvalue weighted by molar-refractivity contribution is 7.89. The summed E-state index contributed by atoms with van der Waals surface area (Å²) in [6.45, 7) is 6.73. The van der Waals surface area contributed by atoms with Crippen molar-refractivity contribution in [3.63, 3.8) is 0 Å². The molecule has 5 nitrogen and oxygen atoms in total. The molecule has 0 bridgehead atoms. The lowest BCUT2D eigenvalue weighted by Gasteiger charge is -2.31. The predicted molar refractivity (Wildman–Crippen MR) is 98.1 cm³/mol. The van der Waals surface area contributed by atoms with E-state index in [0.717, 1.165) is 50.8 Å². The smallest absolute Gasteiger partial charge is 0.254 e. The molecule has 2 fully saturated rings. The van der Waals surface area contributed by atoms with Gasteiger partial charge in [-0.2, -0.15) is 4.31 Å². The van der Waals surface area contributed by atoms with E-state index in [-0.39, 0.29) is 10.8 Å². The van der Waals surface area contributed by atoms with Crippen LogP contribution in [0.25, 0.3) is 0 Å². The SMILES string of the molecule is Cc1ccc(S(=O)(=O)N2CCCCC2)cc1C(=O)N1CCC(C)CC1. The van der Waals surface area contributed by atoms with Crippen LogP contribution in [0.4, 0.5) is 0 Å². The predicted octanol–water partition coefficient (Wildman–Crippen LogP) is 3.04. The van der Waals surface area contributed by atoms with Crippen LogP contribution in [-0.2, 0) is 10.0 Å². The summed E-state index contributed by atoms with van der Waals surface area (Å²) in [7, 11) is -3.51. The van der Waals surface area contributed by atoms with Gasteiger partial charge in [-0.1, -0.05) is 19.4 Å². The van der Waals surface area contributed by atoms with Gasteiger partial charge in [0.1, 0.15) is 0 Å².